The zero-order valence-electron chi connectivity index (χ0n) is 13.4. The molecule has 5 heteroatoms. The molecule has 0 radical (unpaired) electrons. The van der Waals surface area contributed by atoms with E-state index in [0.717, 1.165) is 6.42 Å². The van der Waals surface area contributed by atoms with Crippen molar-refractivity contribution in [2.24, 2.45) is 5.41 Å². The highest BCUT2D eigenvalue weighted by Crippen LogP contribution is 2.26. The van der Waals surface area contributed by atoms with Crippen LogP contribution < -0.4 is 15.8 Å². The fourth-order valence-electron chi connectivity index (χ4n) is 1.67. The number of nitrogen functional groups attached to an aromatic ring is 1. The second-order valence-corrected chi connectivity index (χ2v) is 6.18. The zero-order chi connectivity index (χ0) is 15.9. The maximum absolute atomic E-state index is 11.8. The smallest absolute Gasteiger partial charge is 0.226 e. The highest BCUT2D eigenvalue weighted by atomic mass is 16.5. The Morgan fingerprint density at radius 2 is 2.00 bits per heavy atom. The summed E-state index contributed by atoms with van der Waals surface area (Å²) in [6, 6.07) is 5.12. The van der Waals surface area contributed by atoms with Crippen LogP contribution in [0.5, 0.6) is 5.75 Å². The zero-order valence-corrected chi connectivity index (χ0v) is 13.4. The Labute approximate surface area is 126 Å². The van der Waals surface area contributed by atoms with E-state index in [4.69, 9.17) is 15.2 Å². The van der Waals surface area contributed by atoms with Crippen molar-refractivity contribution in [3.05, 3.63) is 18.2 Å². The van der Waals surface area contributed by atoms with E-state index in [0.29, 0.717) is 36.8 Å². The summed E-state index contributed by atoms with van der Waals surface area (Å²) in [5, 5.41) is 2.80. The molecule has 0 aromatic heterocycles. The summed E-state index contributed by atoms with van der Waals surface area (Å²) in [6.45, 7) is 7.57. The topological polar surface area (TPSA) is 73.6 Å². The molecule has 1 rings (SSSR count). The number of nitrogens with one attached hydrogen (secondary N) is 1. The van der Waals surface area contributed by atoms with Gasteiger partial charge in [0, 0.05) is 18.4 Å². The van der Waals surface area contributed by atoms with Crippen molar-refractivity contribution in [1.82, 2.24) is 0 Å². The Kier molecular flexibility index (Phi) is 6.49. The van der Waals surface area contributed by atoms with Crippen molar-refractivity contribution in [1.29, 1.82) is 0 Å². The number of ether oxygens (including phenoxy) is 2. The van der Waals surface area contributed by atoms with Crippen molar-refractivity contribution >= 4 is 17.3 Å². The van der Waals surface area contributed by atoms with E-state index in [1.54, 1.807) is 25.3 Å². The number of hydrogen-bond acceptors (Lipinski definition) is 4. The van der Waals surface area contributed by atoms with Crippen LogP contribution in [0.4, 0.5) is 11.4 Å². The summed E-state index contributed by atoms with van der Waals surface area (Å²) >= 11 is 0. The molecule has 0 unspecified atom stereocenters. The Balaban J connectivity index is 2.34. The van der Waals surface area contributed by atoms with E-state index in [1.807, 2.05) is 0 Å². The lowest BCUT2D eigenvalue weighted by molar-refractivity contribution is -0.117. The average molecular weight is 294 g/mol. The largest absolute Gasteiger partial charge is 0.494 e. The molecule has 0 aliphatic rings. The first-order chi connectivity index (χ1) is 9.81. The number of methoxy groups -OCH3 is 1. The molecule has 0 aliphatic heterocycles. The van der Waals surface area contributed by atoms with Gasteiger partial charge in [-0.05, 0) is 24.0 Å². The maximum Gasteiger partial charge on any atom is 0.226 e. The lowest BCUT2D eigenvalue weighted by Crippen LogP contribution is -2.16. The SMILES string of the molecule is COc1cc(N)ccc1NC(=O)CCOCCC(C)(C)C. The minimum Gasteiger partial charge on any atom is -0.494 e. The summed E-state index contributed by atoms with van der Waals surface area (Å²) in [5.74, 6) is 0.450. The fourth-order valence-corrected chi connectivity index (χ4v) is 1.67. The van der Waals surface area contributed by atoms with Crippen molar-refractivity contribution in [3.63, 3.8) is 0 Å². The van der Waals surface area contributed by atoms with Crippen LogP contribution in [0.15, 0.2) is 18.2 Å². The third-order valence-corrected chi connectivity index (χ3v) is 2.97. The lowest BCUT2D eigenvalue weighted by atomic mass is 9.93. The number of rotatable bonds is 7. The molecule has 3 N–H and O–H groups in total. The first-order valence-electron chi connectivity index (χ1n) is 7.13. The molecule has 1 aromatic carbocycles. The van der Waals surface area contributed by atoms with Gasteiger partial charge in [-0.3, -0.25) is 4.79 Å². The van der Waals surface area contributed by atoms with Crippen LogP contribution >= 0.6 is 0 Å². The highest BCUT2D eigenvalue weighted by Gasteiger charge is 2.10. The van der Waals surface area contributed by atoms with E-state index in [9.17, 15) is 4.79 Å². The van der Waals surface area contributed by atoms with Gasteiger partial charge in [0.15, 0.2) is 0 Å². The number of benzene rings is 1. The number of carbonyl (C=O) groups excluding carboxylic acids is 1. The maximum atomic E-state index is 11.8. The minimum atomic E-state index is -0.103. The average Bonchev–Trinajstić information content (AvgIpc) is 2.39. The summed E-state index contributed by atoms with van der Waals surface area (Å²) in [7, 11) is 1.54. The summed E-state index contributed by atoms with van der Waals surface area (Å²) in [6.07, 6.45) is 1.29. The molecule has 0 bridgehead atoms. The molecule has 0 spiro atoms. The number of nitrogens with two attached hydrogens (primary N) is 1. The molecule has 0 saturated heterocycles. The van der Waals surface area contributed by atoms with E-state index < -0.39 is 0 Å². The third kappa shape index (κ3) is 6.99. The Morgan fingerprint density at radius 1 is 1.29 bits per heavy atom. The first-order valence-corrected chi connectivity index (χ1v) is 7.13. The van der Waals surface area contributed by atoms with Gasteiger partial charge in [-0.2, -0.15) is 0 Å². The molecule has 0 saturated carbocycles. The lowest BCUT2D eigenvalue weighted by Gasteiger charge is -2.17. The van der Waals surface area contributed by atoms with Crippen molar-refractivity contribution < 1.29 is 14.3 Å². The number of amides is 1. The van der Waals surface area contributed by atoms with Crippen LogP contribution in [-0.2, 0) is 9.53 Å². The van der Waals surface area contributed by atoms with E-state index >= 15 is 0 Å². The molecular weight excluding hydrogens is 268 g/mol. The molecule has 0 fully saturated rings. The van der Waals surface area contributed by atoms with Gasteiger partial charge in [-0.1, -0.05) is 20.8 Å². The molecule has 0 aliphatic carbocycles. The monoisotopic (exact) mass is 294 g/mol. The van der Waals surface area contributed by atoms with Gasteiger partial charge in [-0.15, -0.1) is 0 Å². The van der Waals surface area contributed by atoms with Crippen molar-refractivity contribution in [3.8, 4) is 5.75 Å². The predicted octanol–water partition coefficient (Wildman–Crippen LogP) is 3.06. The molecule has 1 aromatic rings. The van der Waals surface area contributed by atoms with Crippen LogP contribution in [0, 0.1) is 5.41 Å². The molecule has 0 heterocycles. The standard InChI is InChI=1S/C16H26N2O3/c1-16(2,3)8-10-21-9-7-15(19)18-13-6-5-12(17)11-14(13)20-4/h5-6,11H,7-10,17H2,1-4H3,(H,18,19). The van der Waals surface area contributed by atoms with Gasteiger partial charge in [0.2, 0.25) is 5.91 Å². The van der Waals surface area contributed by atoms with E-state index in [2.05, 4.69) is 26.1 Å². The molecule has 118 valence electrons. The summed E-state index contributed by atoms with van der Waals surface area (Å²) in [4.78, 5) is 11.8. The van der Waals surface area contributed by atoms with Gasteiger partial charge < -0.3 is 20.5 Å². The second kappa shape index (κ2) is 7.88. The Bertz CT molecular complexity index is 467. The quantitative estimate of drug-likeness (QED) is 0.599. The number of hydrogen-bond donors (Lipinski definition) is 2. The third-order valence-electron chi connectivity index (χ3n) is 2.97. The van der Waals surface area contributed by atoms with Crippen LogP contribution in [0.2, 0.25) is 0 Å². The summed E-state index contributed by atoms with van der Waals surface area (Å²) in [5.41, 5.74) is 7.13. The highest BCUT2D eigenvalue weighted by molar-refractivity contribution is 5.92. The molecular formula is C16H26N2O3. The predicted molar refractivity (Wildman–Crippen MR) is 85.5 cm³/mol. The van der Waals surface area contributed by atoms with Gasteiger partial charge in [0.05, 0.1) is 25.8 Å². The number of anilines is 2. The first kappa shape index (κ1) is 17.3. The van der Waals surface area contributed by atoms with Crippen LogP contribution in [0.3, 0.4) is 0 Å². The second-order valence-electron chi connectivity index (χ2n) is 6.18. The van der Waals surface area contributed by atoms with Crippen LogP contribution in [0.1, 0.15) is 33.6 Å². The van der Waals surface area contributed by atoms with E-state index in [1.165, 1.54) is 0 Å². The number of carbonyl (C=O) groups is 1. The van der Waals surface area contributed by atoms with Crippen molar-refractivity contribution in [2.75, 3.05) is 31.4 Å². The van der Waals surface area contributed by atoms with Crippen LogP contribution in [-0.4, -0.2) is 26.2 Å². The minimum absolute atomic E-state index is 0.103. The van der Waals surface area contributed by atoms with Gasteiger partial charge >= 0.3 is 0 Å². The molecule has 5 nitrogen and oxygen atoms in total. The van der Waals surface area contributed by atoms with Crippen LogP contribution in [0.25, 0.3) is 0 Å². The van der Waals surface area contributed by atoms with Gasteiger partial charge in [-0.25, -0.2) is 0 Å². The normalized spacial score (nSPS) is 11.2. The van der Waals surface area contributed by atoms with Gasteiger partial charge in [0.1, 0.15) is 5.75 Å². The van der Waals surface area contributed by atoms with E-state index in [-0.39, 0.29) is 11.3 Å². The Hall–Kier alpha value is -1.75. The molecule has 21 heavy (non-hydrogen) atoms. The van der Waals surface area contributed by atoms with Crippen molar-refractivity contribution in [2.45, 2.75) is 33.6 Å². The Morgan fingerprint density at radius 3 is 2.62 bits per heavy atom. The van der Waals surface area contributed by atoms with Gasteiger partial charge in [0.25, 0.3) is 0 Å². The summed E-state index contributed by atoms with van der Waals surface area (Å²) < 4.78 is 10.7. The molecule has 0 atom stereocenters. The fraction of sp³-hybridized carbons (Fsp3) is 0.562. The molecule has 1 amide bonds.